The van der Waals surface area contributed by atoms with E-state index < -0.39 is 5.41 Å². The molecule has 214 valence electrons. The second-order valence-corrected chi connectivity index (χ2v) is 12.3. The fourth-order valence-electron chi connectivity index (χ4n) is 8.12. The molecule has 1 aliphatic carbocycles. The van der Waals surface area contributed by atoms with Gasteiger partial charge in [0.15, 0.2) is 0 Å². The van der Waals surface area contributed by atoms with Crippen molar-refractivity contribution in [2.75, 3.05) is 0 Å². The molecule has 0 radical (unpaired) electrons. The average molecular weight is 585 g/mol. The van der Waals surface area contributed by atoms with Crippen molar-refractivity contribution in [1.29, 1.82) is 0 Å². The molecule has 1 unspecified atom stereocenters. The summed E-state index contributed by atoms with van der Waals surface area (Å²) >= 11 is 0. The van der Waals surface area contributed by atoms with E-state index in [2.05, 4.69) is 174 Å². The van der Waals surface area contributed by atoms with Gasteiger partial charge in [0.1, 0.15) is 5.82 Å². The fourth-order valence-corrected chi connectivity index (χ4v) is 8.12. The number of imidazole rings is 1. The highest BCUT2D eigenvalue weighted by molar-refractivity contribution is 5.98. The third-order valence-electron chi connectivity index (χ3n) is 10.0. The lowest BCUT2D eigenvalue weighted by Crippen LogP contribution is -2.33. The zero-order valence-corrected chi connectivity index (χ0v) is 25.1. The Morgan fingerprint density at radius 1 is 0.391 bits per heavy atom. The zero-order chi connectivity index (χ0) is 30.2. The van der Waals surface area contributed by atoms with Crippen molar-refractivity contribution in [1.82, 2.24) is 9.55 Å². The third kappa shape index (κ3) is 3.33. The van der Waals surface area contributed by atoms with E-state index >= 15 is 0 Å². The quantitative estimate of drug-likeness (QED) is 0.202. The number of rotatable bonds is 3. The number of aromatic nitrogens is 2. The summed E-state index contributed by atoms with van der Waals surface area (Å²) in [7, 11) is 0. The summed E-state index contributed by atoms with van der Waals surface area (Å²) in [6.45, 7) is 0. The van der Waals surface area contributed by atoms with Gasteiger partial charge >= 0.3 is 0 Å². The summed E-state index contributed by atoms with van der Waals surface area (Å²) in [4.78, 5) is 5.29. The van der Waals surface area contributed by atoms with E-state index in [-0.39, 0.29) is 0 Å². The highest BCUT2D eigenvalue weighted by Crippen LogP contribution is 2.61. The highest BCUT2D eigenvalue weighted by atomic mass is 15.1. The van der Waals surface area contributed by atoms with Crippen LogP contribution in [0, 0.1) is 0 Å². The maximum Gasteiger partial charge on any atom is 0.145 e. The summed E-state index contributed by atoms with van der Waals surface area (Å²) in [5.41, 5.74) is 16.7. The highest BCUT2D eigenvalue weighted by Gasteiger charge is 2.51. The van der Waals surface area contributed by atoms with E-state index in [1.807, 2.05) is 0 Å². The molecule has 1 aromatic heterocycles. The van der Waals surface area contributed by atoms with Gasteiger partial charge in [-0.1, -0.05) is 146 Å². The van der Waals surface area contributed by atoms with Crippen LogP contribution in [0.2, 0.25) is 0 Å². The van der Waals surface area contributed by atoms with Crippen LogP contribution in [0.5, 0.6) is 0 Å². The molecule has 0 amide bonds. The molecule has 0 fully saturated rings. The van der Waals surface area contributed by atoms with E-state index in [1.165, 1.54) is 66.8 Å². The zero-order valence-electron chi connectivity index (χ0n) is 25.1. The predicted octanol–water partition coefficient (Wildman–Crippen LogP) is 10.7. The fraction of sp³-hybridized carbons (Fsp3) is 0.0227. The van der Waals surface area contributed by atoms with E-state index in [1.54, 1.807) is 0 Å². The SMILES string of the molecule is c1ccc(-c2cccc(-c3ccc4c(c3)C3(c5ccccc5-4)c4ccccc4-n4c(-c5ccccc5)nc5cccc3c54)c2)cc1. The molecule has 46 heavy (non-hydrogen) atoms. The Bertz CT molecular complexity index is 2470. The maximum atomic E-state index is 5.29. The monoisotopic (exact) mass is 584 g/mol. The second kappa shape index (κ2) is 9.50. The van der Waals surface area contributed by atoms with Gasteiger partial charge in [-0.2, -0.15) is 0 Å². The Kier molecular flexibility index (Phi) is 5.24. The van der Waals surface area contributed by atoms with Gasteiger partial charge in [-0.05, 0) is 79.9 Å². The summed E-state index contributed by atoms with van der Waals surface area (Å²) < 4.78 is 2.40. The van der Waals surface area contributed by atoms with Crippen molar-refractivity contribution in [3.8, 4) is 50.5 Å². The molecular formula is C44H28N2. The molecule has 1 spiro atoms. The number of fused-ring (bicyclic) bond motifs is 9. The molecule has 8 aromatic rings. The Hall–Kier alpha value is -5.99. The van der Waals surface area contributed by atoms with Crippen molar-refractivity contribution in [3.05, 3.63) is 192 Å². The summed E-state index contributed by atoms with van der Waals surface area (Å²) in [6.07, 6.45) is 0. The van der Waals surface area contributed by atoms with Crippen molar-refractivity contribution < 1.29 is 0 Å². The molecular weight excluding hydrogens is 556 g/mol. The second-order valence-electron chi connectivity index (χ2n) is 12.3. The van der Waals surface area contributed by atoms with Crippen molar-refractivity contribution in [2.45, 2.75) is 5.41 Å². The van der Waals surface area contributed by atoms with Gasteiger partial charge in [-0.3, -0.25) is 4.57 Å². The minimum atomic E-state index is -0.487. The van der Waals surface area contributed by atoms with Gasteiger partial charge in [0.2, 0.25) is 0 Å². The standard InChI is InChI=1S/C44H28N2/c1-3-13-29(14-4-1)31-17-11-18-32(27-31)33-25-26-35-34-19-7-8-20-36(34)44(39(35)28-33)37-21-9-10-24-41(37)46-42-38(44)22-12-23-40(42)45-43(46)30-15-5-2-6-16-30/h1-28H. The van der Waals surface area contributed by atoms with Crippen LogP contribution in [0.4, 0.5) is 0 Å². The summed E-state index contributed by atoms with van der Waals surface area (Å²) in [5.74, 6) is 0.975. The normalized spacial score (nSPS) is 15.5. The van der Waals surface area contributed by atoms with Gasteiger partial charge in [-0.25, -0.2) is 4.98 Å². The van der Waals surface area contributed by atoms with Crippen LogP contribution in [0.25, 0.3) is 61.5 Å². The van der Waals surface area contributed by atoms with Crippen molar-refractivity contribution in [2.24, 2.45) is 0 Å². The number of benzene rings is 7. The van der Waals surface area contributed by atoms with E-state index in [9.17, 15) is 0 Å². The number of nitrogens with zero attached hydrogens (tertiary/aromatic N) is 2. The van der Waals surface area contributed by atoms with Crippen LogP contribution >= 0.6 is 0 Å². The average Bonchev–Trinajstić information content (AvgIpc) is 3.67. The van der Waals surface area contributed by atoms with E-state index in [4.69, 9.17) is 4.98 Å². The molecule has 0 saturated carbocycles. The first-order chi connectivity index (χ1) is 22.8. The minimum absolute atomic E-state index is 0.487. The third-order valence-corrected chi connectivity index (χ3v) is 10.0. The van der Waals surface area contributed by atoms with Crippen LogP contribution in [-0.2, 0) is 5.41 Å². The maximum absolute atomic E-state index is 5.29. The molecule has 2 heteroatoms. The van der Waals surface area contributed by atoms with Crippen molar-refractivity contribution in [3.63, 3.8) is 0 Å². The topological polar surface area (TPSA) is 17.8 Å². The molecule has 1 atom stereocenters. The first kappa shape index (κ1) is 25.3. The largest absolute Gasteiger partial charge is 0.292 e. The molecule has 2 nitrogen and oxygen atoms in total. The lowest BCUT2D eigenvalue weighted by molar-refractivity contribution is 0.746. The van der Waals surface area contributed by atoms with Crippen LogP contribution in [0.15, 0.2) is 170 Å². The van der Waals surface area contributed by atoms with Crippen LogP contribution in [-0.4, -0.2) is 9.55 Å². The number of hydrogen-bond donors (Lipinski definition) is 0. The van der Waals surface area contributed by atoms with Gasteiger partial charge in [-0.15, -0.1) is 0 Å². The lowest BCUT2D eigenvalue weighted by Gasteiger charge is -2.39. The van der Waals surface area contributed by atoms with Gasteiger partial charge < -0.3 is 0 Å². The smallest absolute Gasteiger partial charge is 0.145 e. The Labute approximate surface area is 267 Å². The van der Waals surface area contributed by atoms with Gasteiger partial charge in [0, 0.05) is 5.56 Å². The van der Waals surface area contributed by atoms with Gasteiger partial charge in [0.25, 0.3) is 0 Å². The molecule has 0 N–H and O–H groups in total. The Morgan fingerprint density at radius 2 is 0.978 bits per heavy atom. The molecule has 0 bridgehead atoms. The predicted molar refractivity (Wildman–Crippen MR) is 188 cm³/mol. The summed E-state index contributed by atoms with van der Waals surface area (Å²) in [6, 6.07) is 61.9. The van der Waals surface area contributed by atoms with Crippen LogP contribution in [0.3, 0.4) is 0 Å². The molecule has 10 rings (SSSR count). The molecule has 7 aromatic carbocycles. The molecule has 2 aliphatic rings. The number of para-hydroxylation sites is 2. The van der Waals surface area contributed by atoms with Gasteiger partial charge in [0.05, 0.1) is 22.1 Å². The van der Waals surface area contributed by atoms with E-state index in [0.29, 0.717) is 0 Å². The van der Waals surface area contributed by atoms with Crippen LogP contribution in [0.1, 0.15) is 22.3 Å². The molecule has 2 heterocycles. The Morgan fingerprint density at radius 3 is 1.80 bits per heavy atom. The van der Waals surface area contributed by atoms with Crippen LogP contribution < -0.4 is 0 Å². The molecule has 1 aliphatic heterocycles. The lowest BCUT2D eigenvalue weighted by atomic mass is 9.65. The van der Waals surface area contributed by atoms with Crippen molar-refractivity contribution >= 4 is 11.0 Å². The first-order valence-electron chi connectivity index (χ1n) is 15.9. The first-order valence-corrected chi connectivity index (χ1v) is 15.9. The molecule has 0 saturated heterocycles. The van der Waals surface area contributed by atoms with E-state index in [0.717, 1.165) is 16.9 Å². The Balaban J connectivity index is 1.29. The number of hydrogen-bond acceptors (Lipinski definition) is 1. The minimum Gasteiger partial charge on any atom is -0.292 e. The summed E-state index contributed by atoms with van der Waals surface area (Å²) in [5, 5.41) is 0.